The Hall–Kier alpha value is -1.35. The molecule has 1 aromatic rings. The van der Waals surface area contributed by atoms with E-state index in [1.54, 1.807) is 19.0 Å². The number of hydrogen-bond acceptors (Lipinski definition) is 3. The van der Waals surface area contributed by atoms with Gasteiger partial charge in [0.25, 0.3) is 0 Å². The molecule has 0 saturated carbocycles. The number of ether oxygens (including phenoxy) is 1. The average Bonchev–Trinajstić information content (AvgIpc) is 2.62. The molecule has 0 spiro atoms. The molecule has 0 aliphatic carbocycles. The SMILES string of the molecule is Cc1ccc(CN=C(NCC(=O)N(C)C)NCC2CCCCO2)c(C)c1.I. The van der Waals surface area contributed by atoms with E-state index in [0.29, 0.717) is 19.0 Å². The molecular weight excluding hydrogens is 455 g/mol. The summed E-state index contributed by atoms with van der Waals surface area (Å²) in [5.41, 5.74) is 3.66. The molecule has 7 heteroatoms. The Labute approximate surface area is 180 Å². The van der Waals surface area contributed by atoms with Crippen LogP contribution >= 0.6 is 24.0 Å². The molecule has 1 amide bonds. The molecule has 0 radical (unpaired) electrons. The number of guanidine groups is 1. The third-order valence-electron chi connectivity index (χ3n) is 4.58. The quantitative estimate of drug-likeness (QED) is 0.367. The summed E-state index contributed by atoms with van der Waals surface area (Å²) in [6.07, 6.45) is 3.61. The second-order valence-electron chi connectivity index (χ2n) is 7.11. The summed E-state index contributed by atoms with van der Waals surface area (Å²) in [5, 5.41) is 6.46. The number of aliphatic imine (C=N–C) groups is 1. The van der Waals surface area contributed by atoms with E-state index in [2.05, 4.69) is 47.7 Å². The van der Waals surface area contributed by atoms with Crippen molar-refractivity contribution in [2.75, 3.05) is 33.8 Å². The highest BCUT2D eigenvalue weighted by Crippen LogP contribution is 2.12. The van der Waals surface area contributed by atoms with Gasteiger partial charge in [-0.15, -0.1) is 24.0 Å². The monoisotopic (exact) mass is 488 g/mol. The third kappa shape index (κ3) is 8.47. The fourth-order valence-electron chi connectivity index (χ4n) is 2.86. The van der Waals surface area contributed by atoms with Crippen LogP contribution in [0.5, 0.6) is 0 Å². The van der Waals surface area contributed by atoms with Gasteiger partial charge in [-0.1, -0.05) is 23.8 Å². The van der Waals surface area contributed by atoms with Gasteiger partial charge in [0.2, 0.25) is 5.91 Å². The van der Waals surface area contributed by atoms with E-state index < -0.39 is 0 Å². The van der Waals surface area contributed by atoms with Gasteiger partial charge < -0.3 is 20.3 Å². The maximum absolute atomic E-state index is 11.9. The molecule has 1 aromatic carbocycles. The summed E-state index contributed by atoms with van der Waals surface area (Å²) in [4.78, 5) is 18.1. The molecule has 1 heterocycles. The third-order valence-corrected chi connectivity index (χ3v) is 4.58. The Balaban J connectivity index is 0.00000364. The smallest absolute Gasteiger partial charge is 0.241 e. The topological polar surface area (TPSA) is 66.0 Å². The van der Waals surface area contributed by atoms with Gasteiger partial charge in [-0.3, -0.25) is 4.79 Å². The van der Waals surface area contributed by atoms with Crippen LogP contribution in [-0.2, 0) is 16.1 Å². The summed E-state index contributed by atoms with van der Waals surface area (Å²) in [6.45, 7) is 6.51. The fraction of sp³-hybridized carbons (Fsp3) is 0.600. The molecule has 1 aliphatic rings. The van der Waals surface area contributed by atoms with Crippen LogP contribution in [0.2, 0.25) is 0 Å². The minimum atomic E-state index is 0. The van der Waals surface area contributed by atoms with Gasteiger partial charge in [0.15, 0.2) is 5.96 Å². The number of nitrogens with zero attached hydrogens (tertiary/aromatic N) is 2. The van der Waals surface area contributed by atoms with Crippen molar-refractivity contribution in [1.29, 1.82) is 0 Å². The number of hydrogen-bond donors (Lipinski definition) is 2. The summed E-state index contributed by atoms with van der Waals surface area (Å²) in [7, 11) is 3.50. The van der Waals surface area contributed by atoms with Crippen molar-refractivity contribution >= 4 is 35.8 Å². The minimum Gasteiger partial charge on any atom is -0.376 e. The van der Waals surface area contributed by atoms with Gasteiger partial charge >= 0.3 is 0 Å². The highest BCUT2D eigenvalue weighted by Gasteiger charge is 2.14. The van der Waals surface area contributed by atoms with Crippen LogP contribution in [0.15, 0.2) is 23.2 Å². The van der Waals surface area contributed by atoms with E-state index in [1.807, 2.05) is 0 Å². The lowest BCUT2D eigenvalue weighted by molar-refractivity contribution is -0.127. The van der Waals surface area contributed by atoms with Crippen molar-refractivity contribution < 1.29 is 9.53 Å². The van der Waals surface area contributed by atoms with Crippen LogP contribution in [0, 0.1) is 13.8 Å². The first kappa shape index (κ1) is 23.7. The number of rotatable bonds is 6. The van der Waals surface area contributed by atoms with Gasteiger partial charge in [-0.2, -0.15) is 0 Å². The van der Waals surface area contributed by atoms with E-state index in [4.69, 9.17) is 4.74 Å². The summed E-state index contributed by atoms with van der Waals surface area (Å²) in [6, 6.07) is 6.38. The Morgan fingerprint density at radius 1 is 1.26 bits per heavy atom. The molecule has 1 unspecified atom stereocenters. The predicted octanol–water partition coefficient (Wildman–Crippen LogP) is 2.61. The molecule has 6 nitrogen and oxygen atoms in total. The van der Waals surface area contributed by atoms with Crippen molar-refractivity contribution in [2.45, 2.75) is 45.8 Å². The number of halogens is 1. The maximum Gasteiger partial charge on any atom is 0.241 e. The van der Waals surface area contributed by atoms with Gasteiger partial charge in [0.1, 0.15) is 0 Å². The lowest BCUT2D eigenvalue weighted by Crippen LogP contribution is -2.45. The lowest BCUT2D eigenvalue weighted by Gasteiger charge is -2.24. The molecule has 1 atom stereocenters. The molecule has 1 saturated heterocycles. The normalized spacial score (nSPS) is 17.0. The van der Waals surface area contributed by atoms with Crippen molar-refractivity contribution in [2.24, 2.45) is 4.99 Å². The number of carbonyl (C=O) groups is 1. The van der Waals surface area contributed by atoms with E-state index in [1.165, 1.54) is 23.1 Å². The van der Waals surface area contributed by atoms with Crippen LogP contribution in [0.25, 0.3) is 0 Å². The second-order valence-corrected chi connectivity index (χ2v) is 7.11. The van der Waals surface area contributed by atoms with Crippen molar-refractivity contribution in [3.8, 4) is 0 Å². The maximum atomic E-state index is 11.9. The highest BCUT2D eigenvalue weighted by atomic mass is 127. The first-order valence-electron chi connectivity index (χ1n) is 9.36. The van der Waals surface area contributed by atoms with Crippen LogP contribution in [-0.4, -0.2) is 56.7 Å². The fourth-order valence-corrected chi connectivity index (χ4v) is 2.86. The standard InChI is InChI=1S/C20H32N4O2.HI/c1-15-8-9-17(16(2)11-15)12-21-20(23-14-19(25)24(3)4)22-13-18-7-5-6-10-26-18;/h8-9,11,18H,5-7,10,12-14H2,1-4H3,(H2,21,22,23);1H. The summed E-state index contributed by atoms with van der Waals surface area (Å²) < 4.78 is 5.77. The molecule has 0 bridgehead atoms. The minimum absolute atomic E-state index is 0. The zero-order chi connectivity index (χ0) is 18.9. The molecular formula is C20H33IN4O2. The van der Waals surface area contributed by atoms with Crippen LogP contribution in [0.4, 0.5) is 0 Å². The van der Waals surface area contributed by atoms with E-state index in [9.17, 15) is 4.79 Å². The molecule has 1 aliphatic heterocycles. The van der Waals surface area contributed by atoms with Gasteiger partial charge in [0, 0.05) is 27.2 Å². The molecule has 2 N–H and O–H groups in total. The molecule has 0 aromatic heterocycles. The van der Waals surface area contributed by atoms with Crippen LogP contribution in [0.1, 0.15) is 36.0 Å². The van der Waals surface area contributed by atoms with E-state index in [-0.39, 0.29) is 42.5 Å². The number of likely N-dealkylation sites (N-methyl/N-ethyl adjacent to an activating group) is 1. The number of carbonyl (C=O) groups excluding carboxylic acids is 1. The Morgan fingerprint density at radius 2 is 2.04 bits per heavy atom. The van der Waals surface area contributed by atoms with Gasteiger partial charge in [-0.05, 0) is 44.2 Å². The van der Waals surface area contributed by atoms with Crippen molar-refractivity contribution in [1.82, 2.24) is 15.5 Å². The van der Waals surface area contributed by atoms with Crippen molar-refractivity contribution in [3.05, 3.63) is 34.9 Å². The Bertz CT molecular complexity index is 628. The van der Waals surface area contributed by atoms with Gasteiger partial charge in [-0.25, -0.2) is 4.99 Å². The average molecular weight is 488 g/mol. The molecule has 1 fully saturated rings. The first-order valence-corrected chi connectivity index (χ1v) is 9.36. The molecule has 152 valence electrons. The summed E-state index contributed by atoms with van der Waals surface area (Å²) in [5.74, 6) is 0.661. The number of benzene rings is 1. The molecule has 27 heavy (non-hydrogen) atoms. The molecule has 2 rings (SSSR count). The van der Waals surface area contributed by atoms with E-state index in [0.717, 1.165) is 19.4 Å². The number of amides is 1. The number of nitrogens with one attached hydrogen (secondary N) is 2. The lowest BCUT2D eigenvalue weighted by atomic mass is 10.1. The van der Waals surface area contributed by atoms with E-state index >= 15 is 0 Å². The Morgan fingerprint density at radius 3 is 2.67 bits per heavy atom. The predicted molar refractivity (Wildman–Crippen MR) is 121 cm³/mol. The zero-order valence-corrected chi connectivity index (χ0v) is 19.2. The second kappa shape index (κ2) is 12.2. The van der Waals surface area contributed by atoms with Crippen LogP contribution < -0.4 is 10.6 Å². The largest absolute Gasteiger partial charge is 0.376 e. The van der Waals surface area contributed by atoms with Crippen molar-refractivity contribution in [3.63, 3.8) is 0 Å². The van der Waals surface area contributed by atoms with Crippen LogP contribution in [0.3, 0.4) is 0 Å². The first-order chi connectivity index (χ1) is 12.5. The highest BCUT2D eigenvalue weighted by molar-refractivity contribution is 14.0. The Kier molecular flexibility index (Phi) is 10.7. The van der Waals surface area contributed by atoms with Gasteiger partial charge in [0.05, 0.1) is 19.2 Å². The summed E-state index contributed by atoms with van der Waals surface area (Å²) >= 11 is 0. The number of aryl methyl sites for hydroxylation is 2. The zero-order valence-electron chi connectivity index (χ0n) is 16.9.